The van der Waals surface area contributed by atoms with Crippen molar-refractivity contribution < 1.29 is 22.7 Å². The van der Waals surface area contributed by atoms with Crippen molar-refractivity contribution in [2.24, 2.45) is 4.99 Å². The lowest BCUT2D eigenvalue weighted by Crippen LogP contribution is -2.25. The average Bonchev–Trinajstić information content (AvgIpc) is 2.99. The van der Waals surface area contributed by atoms with Crippen molar-refractivity contribution in [3.63, 3.8) is 0 Å². The van der Waals surface area contributed by atoms with Crippen molar-refractivity contribution in [1.29, 1.82) is 0 Å². The Morgan fingerprint density at radius 2 is 1.76 bits per heavy atom. The number of nitrogens with zero attached hydrogens (tertiary/aromatic N) is 2. The van der Waals surface area contributed by atoms with Gasteiger partial charge in [0, 0.05) is 0 Å². The van der Waals surface area contributed by atoms with E-state index < -0.39 is 27.5 Å². The molecule has 29 heavy (non-hydrogen) atoms. The van der Waals surface area contributed by atoms with Gasteiger partial charge in [-0.2, -0.15) is 4.99 Å². The van der Waals surface area contributed by atoms with Gasteiger partial charge in [-0.15, -0.1) is 0 Å². The van der Waals surface area contributed by atoms with Crippen LogP contribution in [0.15, 0.2) is 59.6 Å². The van der Waals surface area contributed by atoms with Gasteiger partial charge in [0.2, 0.25) is 0 Å². The molecular formula is C20H20N2O5S2. The highest BCUT2D eigenvalue weighted by Crippen LogP contribution is 2.17. The van der Waals surface area contributed by atoms with Gasteiger partial charge in [-0.25, -0.2) is 8.42 Å². The monoisotopic (exact) mass is 432 g/mol. The average molecular weight is 433 g/mol. The standard InChI is InChI=1S/C20H20N2O5S2/c1-2-27-19(24)12-22-16-10-6-7-11-17(16)28-20(22)21-18(23)14-29(25,26)13-15-8-4-3-5-9-15/h3-11H,2,12-14H2,1H3. The second kappa shape index (κ2) is 9.15. The zero-order valence-corrected chi connectivity index (χ0v) is 17.4. The zero-order valence-electron chi connectivity index (χ0n) is 15.8. The van der Waals surface area contributed by atoms with E-state index in [1.165, 1.54) is 11.3 Å². The van der Waals surface area contributed by atoms with E-state index >= 15 is 0 Å². The molecule has 1 heterocycles. The third-order valence-electron chi connectivity index (χ3n) is 3.97. The maximum absolute atomic E-state index is 12.4. The maximum Gasteiger partial charge on any atom is 0.326 e. The number of carbonyl (C=O) groups excluding carboxylic acids is 2. The zero-order chi connectivity index (χ0) is 20.9. The quantitative estimate of drug-likeness (QED) is 0.534. The lowest BCUT2D eigenvalue weighted by atomic mass is 10.2. The Balaban J connectivity index is 1.88. The van der Waals surface area contributed by atoms with E-state index in [1.807, 2.05) is 18.2 Å². The number of hydrogen-bond donors (Lipinski definition) is 0. The Morgan fingerprint density at radius 1 is 1.07 bits per heavy atom. The molecule has 0 aliphatic heterocycles. The highest BCUT2D eigenvalue weighted by atomic mass is 32.2. The summed E-state index contributed by atoms with van der Waals surface area (Å²) in [5, 5.41) is 0. The number of sulfone groups is 1. The van der Waals surface area contributed by atoms with E-state index in [1.54, 1.807) is 47.9 Å². The minimum absolute atomic E-state index is 0.110. The van der Waals surface area contributed by atoms with Crippen molar-refractivity contribution in [2.45, 2.75) is 19.2 Å². The minimum atomic E-state index is -3.67. The minimum Gasteiger partial charge on any atom is -0.465 e. The first kappa shape index (κ1) is 20.9. The van der Waals surface area contributed by atoms with Gasteiger partial charge in [0.1, 0.15) is 12.3 Å². The van der Waals surface area contributed by atoms with Crippen molar-refractivity contribution in [3.8, 4) is 0 Å². The van der Waals surface area contributed by atoms with Gasteiger partial charge in [0.15, 0.2) is 14.6 Å². The Morgan fingerprint density at radius 3 is 2.48 bits per heavy atom. The number of rotatable bonds is 7. The first-order chi connectivity index (χ1) is 13.9. The molecule has 0 atom stereocenters. The summed E-state index contributed by atoms with van der Waals surface area (Å²) < 4.78 is 32.1. The molecule has 0 saturated carbocycles. The Labute approximate surface area is 172 Å². The fourth-order valence-electron chi connectivity index (χ4n) is 2.80. The number of ether oxygens (including phenoxy) is 1. The molecule has 1 amide bonds. The molecule has 3 rings (SSSR count). The summed E-state index contributed by atoms with van der Waals surface area (Å²) in [5.74, 6) is -2.16. The van der Waals surface area contributed by atoms with Crippen LogP contribution >= 0.6 is 11.3 Å². The summed E-state index contributed by atoms with van der Waals surface area (Å²) >= 11 is 1.22. The molecule has 0 unspecified atom stereocenters. The van der Waals surface area contributed by atoms with Crippen molar-refractivity contribution in [1.82, 2.24) is 4.57 Å². The summed E-state index contributed by atoms with van der Waals surface area (Å²) in [5.41, 5.74) is 1.34. The molecule has 0 saturated heterocycles. The summed E-state index contributed by atoms with van der Waals surface area (Å²) in [4.78, 5) is 28.6. The topological polar surface area (TPSA) is 94.8 Å². The highest BCUT2D eigenvalue weighted by molar-refractivity contribution is 7.91. The van der Waals surface area contributed by atoms with E-state index in [0.29, 0.717) is 5.56 Å². The van der Waals surface area contributed by atoms with Crippen LogP contribution in [0.5, 0.6) is 0 Å². The number of thiazole rings is 1. The van der Waals surface area contributed by atoms with Crippen molar-refractivity contribution >= 4 is 43.3 Å². The van der Waals surface area contributed by atoms with E-state index in [4.69, 9.17) is 4.74 Å². The molecule has 1 aromatic heterocycles. The summed E-state index contributed by atoms with van der Waals surface area (Å²) in [6.07, 6.45) is 0. The molecule has 0 N–H and O–H groups in total. The van der Waals surface area contributed by atoms with Crippen LogP contribution in [-0.4, -0.2) is 37.2 Å². The van der Waals surface area contributed by atoms with Gasteiger partial charge in [0.25, 0.3) is 5.91 Å². The SMILES string of the molecule is CCOC(=O)Cn1c(=NC(=O)CS(=O)(=O)Cc2ccccc2)sc2ccccc21. The molecule has 2 aromatic carbocycles. The second-order valence-corrected chi connectivity index (χ2v) is 9.34. The third-order valence-corrected chi connectivity index (χ3v) is 6.49. The Hall–Kier alpha value is -2.78. The smallest absolute Gasteiger partial charge is 0.326 e. The van der Waals surface area contributed by atoms with Crippen molar-refractivity contribution in [3.05, 3.63) is 65.0 Å². The molecule has 0 bridgehead atoms. The summed E-state index contributed by atoms with van der Waals surface area (Å²) in [7, 11) is -3.67. The van der Waals surface area contributed by atoms with E-state index in [-0.39, 0.29) is 23.7 Å². The predicted octanol–water partition coefficient (Wildman–Crippen LogP) is 2.31. The summed E-state index contributed by atoms with van der Waals surface area (Å²) in [6.45, 7) is 1.84. The number of amides is 1. The van der Waals surface area contributed by atoms with Crippen LogP contribution in [-0.2, 0) is 36.5 Å². The van der Waals surface area contributed by atoms with Crippen LogP contribution in [0.3, 0.4) is 0 Å². The number of para-hydroxylation sites is 1. The van der Waals surface area contributed by atoms with E-state index in [0.717, 1.165) is 10.2 Å². The van der Waals surface area contributed by atoms with Gasteiger partial charge in [-0.3, -0.25) is 9.59 Å². The van der Waals surface area contributed by atoms with Gasteiger partial charge < -0.3 is 9.30 Å². The van der Waals surface area contributed by atoms with Crippen LogP contribution in [0.1, 0.15) is 12.5 Å². The largest absolute Gasteiger partial charge is 0.465 e. The molecule has 152 valence electrons. The second-order valence-electron chi connectivity index (χ2n) is 6.27. The van der Waals surface area contributed by atoms with Gasteiger partial charge in [-0.1, -0.05) is 53.8 Å². The molecule has 0 fully saturated rings. The van der Waals surface area contributed by atoms with Gasteiger partial charge >= 0.3 is 5.97 Å². The number of esters is 1. The summed E-state index contributed by atoms with van der Waals surface area (Å²) in [6, 6.07) is 16.0. The van der Waals surface area contributed by atoms with Gasteiger partial charge in [0.05, 0.1) is 22.6 Å². The van der Waals surface area contributed by atoms with Crippen LogP contribution in [0.25, 0.3) is 10.2 Å². The van der Waals surface area contributed by atoms with Crippen LogP contribution in [0.4, 0.5) is 0 Å². The number of carbonyl (C=O) groups is 2. The normalized spacial score (nSPS) is 12.2. The van der Waals surface area contributed by atoms with Crippen LogP contribution in [0, 0.1) is 0 Å². The van der Waals surface area contributed by atoms with Crippen molar-refractivity contribution in [2.75, 3.05) is 12.4 Å². The highest BCUT2D eigenvalue weighted by Gasteiger charge is 2.18. The van der Waals surface area contributed by atoms with Gasteiger partial charge in [-0.05, 0) is 24.6 Å². The molecule has 3 aromatic rings. The Kier molecular flexibility index (Phi) is 6.60. The molecular weight excluding hydrogens is 412 g/mol. The predicted molar refractivity (Wildman–Crippen MR) is 111 cm³/mol. The molecule has 0 spiro atoms. The molecule has 0 aliphatic carbocycles. The molecule has 9 heteroatoms. The molecule has 7 nitrogen and oxygen atoms in total. The lowest BCUT2D eigenvalue weighted by molar-refractivity contribution is -0.143. The molecule has 0 aliphatic rings. The maximum atomic E-state index is 12.4. The fourth-order valence-corrected chi connectivity index (χ4v) is 5.09. The number of hydrogen-bond acceptors (Lipinski definition) is 6. The first-order valence-corrected chi connectivity index (χ1v) is 11.6. The first-order valence-electron chi connectivity index (χ1n) is 8.94. The van der Waals surface area contributed by atoms with E-state index in [9.17, 15) is 18.0 Å². The Bertz CT molecular complexity index is 1190. The number of aromatic nitrogens is 1. The van der Waals surface area contributed by atoms with Crippen LogP contribution in [0.2, 0.25) is 0 Å². The lowest BCUT2D eigenvalue weighted by Gasteiger charge is -2.05. The third kappa shape index (κ3) is 5.61. The number of fused-ring (bicyclic) bond motifs is 1. The number of benzene rings is 2. The van der Waals surface area contributed by atoms with E-state index in [2.05, 4.69) is 4.99 Å². The fraction of sp³-hybridized carbons (Fsp3) is 0.250. The molecule has 0 radical (unpaired) electrons. The van der Waals surface area contributed by atoms with Crippen LogP contribution < -0.4 is 4.80 Å².